The molecule has 0 N–H and O–H groups in total. The van der Waals surface area contributed by atoms with Gasteiger partial charge in [0.2, 0.25) is 0 Å². The molecule has 0 aliphatic heterocycles. The van der Waals surface area contributed by atoms with Gasteiger partial charge in [-0.25, -0.2) is 0 Å². The summed E-state index contributed by atoms with van der Waals surface area (Å²) in [6, 6.07) is 12.2. The van der Waals surface area contributed by atoms with Crippen LogP contribution in [0.4, 0.5) is 0 Å². The predicted octanol–water partition coefficient (Wildman–Crippen LogP) is 4.34. The lowest BCUT2D eigenvalue weighted by Crippen LogP contribution is -2.11. The Labute approximate surface area is 102 Å². The second-order valence-corrected chi connectivity index (χ2v) is 5.55. The number of hydrogen-bond donors (Lipinski definition) is 0. The minimum absolute atomic E-state index is 0.119. The first-order valence-corrected chi connectivity index (χ1v) is 5.94. The molecule has 0 aliphatic carbocycles. The molecule has 2 aromatic rings. The van der Waals surface area contributed by atoms with E-state index in [-0.39, 0.29) is 11.2 Å². The Kier molecular flexibility index (Phi) is 2.78. The third-order valence-electron chi connectivity index (χ3n) is 3.09. The van der Waals surface area contributed by atoms with Gasteiger partial charge in [-0.2, -0.15) is 0 Å². The van der Waals surface area contributed by atoms with Crippen molar-refractivity contribution in [2.45, 2.75) is 33.1 Å². The number of carbonyl (C=O) groups excluding carboxylic acids is 1. The van der Waals surface area contributed by atoms with Crippen molar-refractivity contribution in [3.8, 4) is 0 Å². The van der Waals surface area contributed by atoms with Crippen molar-refractivity contribution in [1.82, 2.24) is 0 Å². The second kappa shape index (κ2) is 3.99. The van der Waals surface area contributed by atoms with Crippen LogP contribution in [0.3, 0.4) is 0 Å². The molecule has 0 saturated carbocycles. The van der Waals surface area contributed by atoms with Gasteiger partial charge in [0.25, 0.3) is 0 Å². The van der Waals surface area contributed by atoms with E-state index >= 15 is 0 Å². The quantitative estimate of drug-likeness (QED) is 0.661. The lowest BCUT2D eigenvalue weighted by atomic mass is 9.83. The van der Waals surface area contributed by atoms with Gasteiger partial charge in [-0.1, -0.05) is 51.1 Å². The lowest BCUT2D eigenvalue weighted by Gasteiger charge is -2.21. The highest BCUT2D eigenvalue weighted by Gasteiger charge is 2.16. The van der Waals surface area contributed by atoms with Crippen LogP contribution in [0.1, 0.15) is 43.6 Å². The Morgan fingerprint density at radius 1 is 1.06 bits per heavy atom. The van der Waals surface area contributed by atoms with E-state index in [1.165, 1.54) is 10.9 Å². The van der Waals surface area contributed by atoms with E-state index in [4.69, 9.17) is 0 Å². The number of ketones is 1. The molecule has 0 saturated heterocycles. The van der Waals surface area contributed by atoms with E-state index in [9.17, 15) is 4.79 Å². The van der Waals surface area contributed by atoms with E-state index < -0.39 is 0 Å². The maximum absolute atomic E-state index is 11.4. The number of Topliss-reactive ketones (excluding diaryl/α,β-unsaturated/α-hetero) is 1. The normalized spacial score (nSPS) is 11.8. The monoisotopic (exact) mass is 226 g/mol. The number of hydrogen-bond acceptors (Lipinski definition) is 1. The van der Waals surface area contributed by atoms with Crippen molar-refractivity contribution in [2.75, 3.05) is 0 Å². The zero-order valence-electron chi connectivity index (χ0n) is 10.9. The van der Waals surface area contributed by atoms with Gasteiger partial charge in [-0.05, 0) is 34.7 Å². The largest absolute Gasteiger partial charge is 0.295 e. The summed E-state index contributed by atoms with van der Waals surface area (Å²) in [6.07, 6.45) is 0. The number of carbonyl (C=O) groups is 1. The number of benzene rings is 2. The van der Waals surface area contributed by atoms with Crippen LogP contribution in [-0.4, -0.2) is 5.78 Å². The fourth-order valence-corrected chi connectivity index (χ4v) is 2.16. The molecular formula is C16H18O. The Morgan fingerprint density at radius 3 is 2.35 bits per heavy atom. The van der Waals surface area contributed by atoms with Crippen LogP contribution < -0.4 is 0 Å². The van der Waals surface area contributed by atoms with Crippen molar-refractivity contribution >= 4 is 16.6 Å². The highest BCUT2D eigenvalue weighted by atomic mass is 16.1. The molecule has 0 fully saturated rings. The van der Waals surface area contributed by atoms with Gasteiger partial charge in [-0.3, -0.25) is 4.79 Å². The van der Waals surface area contributed by atoms with Gasteiger partial charge in [0.05, 0.1) is 0 Å². The molecule has 88 valence electrons. The van der Waals surface area contributed by atoms with Gasteiger partial charge in [0.15, 0.2) is 5.78 Å². The van der Waals surface area contributed by atoms with E-state index in [0.717, 1.165) is 10.9 Å². The molecule has 0 bridgehead atoms. The van der Waals surface area contributed by atoms with E-state index in [2.05, 4.69) is 45.0 Å². The highest BCUT2D eigenvalue weighted by Crippen LogP contribution is 2.30. The summed E-state index contributed by atoms with van der Waals surface area (Å²) in [6.45, 7) is 8.23. The van der Waals surface area contributed by atoms with Crippen LogP contribution in [0.15, 0.2) is 36.4 Å². The summed E-state index contributed by atoms with van der Waals surface area (Å²) in [4.78, 5) is 11.4. The molecule has 1 heteroatoms. The summed E-state index contributed by atoms with van der Waals surface area (Å²) in [5, 5.41) is 2.38. The zero-order valence-corrected chi connectivity index (χ0v) is 10.9. The molecule has 0 unspecified atom stereocenters. The molecular weight excluding hydrogens is 208 g/mol. The summed E-state index contributed by atoms with van der Waals surface area (Å²) < 4.78 is 0. The first-order chi connectivity index (χ1) is 7.89. The van der Waals surface area contributed by atoms with Crippen LogP contribution in [0, 0.1) is 0 Å². The van der Waals surface area contributed by atoms with Crippen LogP contribution in [0.5, 0.6) is 0 Å². The standard InChI is InChI=1S/C16H18O/c1-11(17)12-8-9-14-13(10-12)6-5-7-15(14)16(2,3)4/h5-10H,1-4H3. The maximum atomic E-state index is 11.4. The Morgan fingerprint density at radius 2 is 1.76 bits per heavy atom. The van der Waals surface area contributed by atoms with E-state index in [1.54, 1.807) is 6.92 Å². The first kappa shape index (κ1) is 11.8. The van der Waals surface area contributed by atoms with E-state index in [1.807, 2.05) is 12.1 Å². The summed E-state index contributed by atoms with van der Waals surface area (Å²) in [5.41, 5.74) is 2.23. The molecule has 17 heavy (non-hydrogen) atoms. The van der Waals surface area contributed by atoms with Crippen LogP contribution >= 0.6 is 0 Å². The first-order valence-electron chi connectivity index (χ1n) is 5.94. The summed E-state index contributed by atoms with van der Waals surface area (Å²) in [7, 11) is 0. The van der Waals surface area contributed by atoms with Crippen molar-refractivity contribution < 1.29 is 4.79 Å². The van der Waals surface area contributed by atoms with Crippen LogP contribution in [-0.2, 0) is 5.41 Å². The molecule has 0 aromatic heterocycles. The fraction of sp³-hybridized carbons (Fsp3) is 0.312. The molecule has 0 spiro atoms. The average Bonchev–Trinajstić information content (AvgIpc) is 2.26. The third kappa shape index (κ3) is 2.23. The molecule has 2 rings (SSSR count). The lowest BCUT2D eigenvalue weighted by molar-refractivity contribution is 0.101. The summed E-state index contributed by atoms with van der Waals surface area (Å²) >= 11 is 0. The van der Waals surface area contributed by atoms with Gasteiger partial charge >= 0.3 is 0 Å². The third-order valence-corrected chi connectivity index (χ3v) is 3.09. The molecule has 0 atom stereocenters. The molecule has 0 amide bonds. The van der Waals surface area contributed by atoms with Crippen molar-refractivity contribution in [1.29, 1.82) is 0 Å². The Hall–Kier alpha value is -1.63. The van der Waals surface area contributed by atoms with Crippen molar-refractivity contribution in [3.63, 3.8) is 0 Å². The number of fused-ring (bicyclic) bond motifs is 1. The van der Waals surface area contributed by atoms with E-state index in [0.29, 0.717) is 0 Å². The minimum atomic E-state index is 0.119. The fourth-order valence-electron chi connectivity index (χ4n) is 2.16. The molecule has 0 radical (unpaired) electrons. The predicted molar refractivity (Wildman–Crippen MR) is 72.7 cm³/mol. The summed E-state index contributed by atoms with van der Waals surface area (Å²) in [5.74, 6) is 0.119. The Balaban J connectivity index is 2.72. The van der Waals surface area contributed by atoms with Crippen molar-refractivity contribution in [3.05, 3.63) is 47.5 Å². The molecule has 0 heterocycles. The molecule has 0 aliphatic rings. The highest BCUT2D eigenvalue weighted by molar-refractivity contribution is 5.99. The van der Waals surface area contributed by atoms with Gasteiger partial charge < -0.3 is 0 Å². The minimum Gasteiger partial charge on any atom is -0.295 e. The van der Waals surface area contributed by atoms with Crippen molar-refractivity contribution in [2.24, 2.45) is 0 Å². The van der Waals surface area contributed by atoms with Crippen LogP contribution in [0.2, 0.25) is 0 Å². The van der Waals surface area contributed by atoms with Gasteiger partial charge in [-0.15, -0.1) is 0 Å². The van der Waals surface area contributed by atoms with Crippen LogP contribution in [0.25, 0.3) is 10.8 Å². The Bertz CT molecular complexity index is 574. The zero-order chi connectivity index (χ0) is 12.6. The van der Waals surface area contributed by atoms with Gasteiger partial charge in [0.1, 0.15) is 0 Å². The smallest absolute Gasteiger partial charge is 0.159 e. The maximum Gasteiger partial charge on any atom is 0.159 e. The topological polar surface area (TPSA) is 17.1 Å². The second-order valence-electron chi connectivity index (χ2n) is 5.55. The SMILES string of the molecule is CC(=O)c1ccc2c(C(C)(C)C)cccc2c1. The molecule has 1 nitrogen and oxygen atoms in total. The number of rotatable bonds is 1. The molecule has 2 aromatic carbocycles. The van der Waals surface area contributed by atoms with Gasteiger partial charge in [0, 0.05) is 5.56 Å². The average molecular weight is 226 g/mol.